The quantitative estimate of drug-likeness (QED) is 0.166. The third-order valence-corrected chi connectivity index (χ3v) is 9.79. The fraction of sp³-hybridized carbons (Fsp3) is 0.182. The highest BCUT2D eigenvalue weighted by Gasteiger charge is 2.35. The lowest BCUT2D eigenvalue weighted by Gasteiger charge is -2.26. The third kappa shape index (κ3) is 6.48. The molecule has 240 valence electrons. The summed E-state index contributed by atoms with van der Waals surface area (Å²) in [6, 6.07) is 16.8. The van der Waals surface area contributed by atoms with Crippen molar-refractivity contribution in [3.05, 3.63) is 123 Å². The van der Waals surface area contributed by atoms with E-state index in [9.17, 15) is 14.4 Å². The number of esters is 1. The fourth-order valence-corrected chi connectivity index (χ4v) is 7.45. The number of ether oxygens (including phenoxy) is 3. The second-order valence-electron chi connectivity index (χ2n) is 10.1. The first kappa shape index (κ1) is 32.3. The minimum absolute atomic E-state index is 0.132. The summed E-state index contributed by atoms with van der Waals surface area (Å²) in [6.07, 6.45) is 1.62. The molecule has 1 aliphatic rings. The van der Waals surface area contributed by atoms with Gasteiger partial charge in [0.15, 0.2) is 26.5 Å². The number of benzene rings is 2. The van der Waals surface area contributed by atoms with E-state index >= 15 is 0 Å². The Hall–Kier alpha value is -4.66. The van der Waals surface area contributed by atoms with Gasteiger partial charge in [-0.3, -0.25) is 14.2 Å². The van der Waals surface area contributed by atoms with Gasteiger partial charge >= 0.3 is 5.97 Å². The van der Waals surface area contributed by atoms with Gasteiger partial charge < -0.3 is 23.6 Å². The zero-order chi connectivity index (χ0) is 33.2. The molecule has 2 aromatic carbocycles. The van der Waals surface area contributed by atoms with Crippen molar-refractivity contribution in [1.82, 2.24) is 14.5 Å². The highest BCUT2D eigenvalue weighted by atomic mass is 79.9. The Balaban J connectivity index is 1.54. The van der Waals surface area contributed by atoms with E-state index in [1.165, 1.54) is 36.2 Å². The number of aromatic nitrogens is 3. The van der Waals surface area contributed by atoms with Gasteiger partial charge in [-0.1, -0.05) is 47.7 Å². The topological polar surface area (TPSA) is 138 Å². The van der Waals surface area contributed by atoms with Crippen LogP contribution in [0.4, 0.5) is 0 Å². The van der Waals surface area contributed by atoms with Crippen LogP contribution in [0.5, 0.6) is 11.5 Å². The standard InChI is InChI=1S/C33H27BrN4O7S2/c1-5-44-30(41)26-27(18-9-7-6-8-10-18)37-33-38(28(26)19-11-12-22(42-3)23(14-19)43-4)29(40)24(46-33)16-20-15-21(34)31(45-20)47-32-35-17(2)13-25(39)36-32/h6-16,28H,5H2,1-4H3,(H,35,36,39)/b24-16+/t28-/m0/s1. The van der Waals surface area contributed by atoms with Crippen LogP contribution in [0.15, 0.2) is 100.0 Å². The monoisotopic (exact) mass is 734 g/mol. The second-order valence-corrected chi connectivity index (χ2v) is 12.9. The molecule has 1 atom stereocenters. The van der Waals surface area contributed by atoms with Crippen LogP contribution in [0, 0.1) is 6.92 Å². The Kier molecular flexibility index (Phi) is 9.34. The summed E-state index contributed by atoms with van der Waals surface area (Å²) < 4.78 is 25.1. The van der Waals surface area contributed by atoms with E-state index in [-0.39, 0.29) is 23.3 Å². The van der Waals surface area contributed by atoms with Crippen LogP contribution < -0.4 is 29.9 Å². The summed E-state index contributed by atoms with van der Waals surface area (Å²) in [5.41, 5.74) is 1.82. The molecule has 14 heteroatoms. The first-order valence-corrected chi connectivity index (χ1v) is 16.7. The number of fused-ring (bicyclic) bond motifs is 1. The molecule has 0 unspecified atom stereocenters. The number of rotatable bonds is 9. The SMILES string of the molecule is CCOC(=O)C1=C(c2ccccc2)N=c2s/c(=C/c3cc(Br)c(Sc4nc(C)cc(=O)[nH]4)o3)c(=O)n2[C@H]1c1ccc(OC)c(OC)c1. The number of aromatic amines is 1. The summed E-state index contributed by atoms with van der Waals surface area (Å²) in [4.78, 5) is 52.2. The molecule has 1 aliphatic heterocycles. The maximum absolute atomic E-state index is 14.2. The Labute approximate surface area is 284 Å². The van der Waals surface area contributed by atoms with Crippen LogP contribution in [-0.4, -0.2) is 41.3 Å². The molecule has 0 amide bonds. The largest absolute Gasteiger partial charge is 0.493 e. The van der Waals surface area contributed by atoms with E-state index in [1.807, 2.05) is 30.3 Å². The average molecular weight is 736 g/mol. The van der Waals surface area contributed by atoms with E-state index in [4.69, 9.17) is 23.6 Å². The maximum atomic E-state index is 14.2. The van der Waals surface area contributed by atoms with Gasteiger partial charge in [0, 0.05) is 23.4 Å². The number of nitrogens with zero attached hydrogens (tertiary/aromatic N) is 3. The lowest BCUT2D eigenvalue weighted by Crippen LogP contribution is -2.40. The van der Waals surface area contributed by atoms with Crippen molar-refractivity contribution in [2.45, 2.75) is 30.1 Å². The van der Waals surface area contributed by atoms with Crippen molar-refractivity contribution in [3.63, 3.8) is 0 Å². The molecule has 11 nitrogen and oxygen atoms in total. The molecule has 1 N–H and O–H groups in total. The predicted octanol–water partition coefficient (Wildman–Crippen LogP) is 4.85. The van der Waals surface area contributed by atoms with E-state index < -0.39 is 12.0 Å². The minimum atomic E-state index is -0.902. The van der Waals surface area contributed by atoms with Gasteiger partial charge in [0.1, 0.15) is 5.76 Å². The third-order valence-electron chi connectivity index (χ3n) is 7.08. The van der Waals surface area contributed by atoms with Gasteiger partial charge in [-0.05, 0) is 65.3 Å². The van der Waals surface area contributed by atoms with Crippen molar-refractivity contribution in [2.75, 3.05) is 20.8 Å². The Morgan fingerprint density at radius 1 is 1.11 bits per heavy atom. The number of carbonyl (C=O) groups excluding carboxylic acids is 1. The number of carbonyl (C=O) groups is 1. The van der Waals surface area contributed by atoms with Crippen LogP contribution >= 0.6 is 39.0 Å². The number of thiazole rings is 1. The number of methoxy groups -OCH3 is 2. The number of furan rings is 1. The average Bonchev–Trinajstić information content (AvgIpc) is 3.56. The number of hydrogen-bond acceptors (Lipinski definition) is 11. The van der Waals surface area contributed by atoms with E-state index in [0.717, 1.165) is 11.8 Å². The molecular formula is C33H27BrN4O7S2. The van der Waals surface area contributed by atoms with Crippen LogP contribution in [0.3, 0.4) is 0 Å². The highest BCUT2D eigenvalue weighted by Crippen LogP contribution is 2.39. The molecule has 0 aliphatic carbocycles. The summed E-state index contributed by atoms with van der Waals surface area (Å²) >= 11 is 5.81. The zero-order valence-electron chi connectivity index (χ0n) is 25.5. The first-order valence-electron chi connectivity index (χ1n) is 14.3. The van der Waals surface area contributed by atoms with E-state index in [0.29, 0.717) is 63.8 Å². The summed E-state index contributed by atoms with van der Waals surface area (Å²) in [5, 5.41) is 0.808. The molecule has 0 saturated carbocycles. The molecule has 0 bridgehead atoms. The fourth-order valence-electron chi connectivity index (χ4n) is 5.11. The molecule has 0 radical (unpaired) electrons. The Bertz CT molecular complexity index is 2270. The van der Waals surface area contributed by atoms with Crippen LogP contribution in [0.1, 0.15) is 35.5 Å². The lowest BCUT2D eigenvalue weighted by atomic mass is 9.93. The number of H-pyrrole nitrogens is 1. The van der Waals surface area contributed by atoms with Crippen LogP contribution in [0.25, 0.3) is 11.8 Å². The minimum Gasteiger partial charge on any atom is -0.493 e. The number of hydrogen-bond donors (Lipinski definition) is 1. The van der Waals surface area contributed by atoms with Crippen molar-refractivity contribution >= 4 is 56.8 Å². The van der Waals surface area contributed by atoms with Gasteiger partial charge in [0.2, 0.25) is 0 Å². The molecule has 0 spiro atoms. The molecule has 47 heavy (non-hydrogen) atoms. The first-order chi connectivity index (χ1) is 22.7. The van der Waals surface area contributed by atoms with Gasteiger partial charge in [0.05, 0.1) is 47.1 Å². The van der Waals surface area contributed by atoms with Gasteiger partial charge in [-0.2, -0.15) is 0 Å². The van der Waals surface area contributed by atoms with Crippen molar-refractivity contribution in [3.8, 4) is 11.5 Å². The number of halogens is 1. The Morgan fingerprint density at radius 2 is 1.87 bits per heavy atom. The summed E-state index contributed by atoms with van der Waals surface area (Å²) in [6.45, 7) is 3.59. The molecule has 0 saturated heterocycles. The van der Waals surface area contributed by atoms with Gasteiger partial charge in [0.25, 0.3) is 11.1 Å². The lowest BCUT2D eigenvalue weighted by molar-refractivity contribution is -0.138. The normalized spacial score (nSPS) is 14.5. The number of aryl methyl sites for hydroxylation is 1. The van der Waals surface area contributed by atoms with Crippen LogP contribution in [-0.2, 0) is 9.53 Å². The van der Waals surface area contributed by atoms with Crippen molar-refractivity contribution in [2.24, 2.45) is 4.99 Å². The molecule has 0 fully saturated rings. The van der Waals surface area contributed by atoms with Crippen molar-refractivity contribution < 1.29 is 23.4 Å². The Morgan fingerprint density at radius 3 is 2.57 bits per heavy atom. The predicted molar refractivity (Wildman–Crippen MR) is 181 cm³/mol. The molecule has 4 heterocycles. The van der Waals surface area contributed by atoms with Crippen molar-refractivity contribution in [1.29, 1.82) is 0 Å². The van der Waals surface area contributed by atoms with E-state index in [1.54, 1.807) is 44.2 Å². The highest BCUT2D eigenvalue weighted by molar-refractivity contribution is 9.10. The van der Waals surface area contributed by atoms with Gasteiger partial charge in [-0.15, -0.1) is 0 Å². The molecule has 3 aromatic heterocycles. The molecular weight excluding hydrogens is 708 g/mol. The second kappa shape index (κ2) is 13.6. The molecule has 5 aromatic rings. The molecule has 6 rings (SSSR count). The van der Waals surface area contributed by atoms with Crippen LogP contribution in [0.2, 0.25) is 0 Å². The maximum Gasteiger partial charge on any atom is 0.338 e. The number of nitrogens with one attached hydrogen (secondary N) is 1. The summed E-state index contributed by atoms with van der Waals surface area (Å²) in [5.74, 6) is 0.720. The van der Waals surface area contributed by atoms with Gasteiger partial charge in [-0.25, -0.2) is 14.8 Å². The zero-order valence-corrected chi connectivity index (χ0v) is 28.7. The van der Waals surface area contributed by atoms with E-state index in [2.05, 4.69) is 25.9 Å². The summed E-state index contributed by atoms with van der Waals surface area (Å²) in [7, 11) is 3.05. The smallest absolute Gasteiger partial charge is 0.338 e.